The zero-order valence-electron chi connectivity index (χ0n) is 9.40. The molecular weight excluding hydrogens is 226 g/mol. The molecule has 3 heteroatoms. The second-order valence-corrected chi connectivity index (χ2v) is 4.40. The lowest BCUT2D eigenvalue weighted by atomic mass is 10.0. The molecule has 0 fully saturated rings. The molecule has 0 aliphatic carbocycles. The monoisotopic (exact) mass is 245 g/mol. The number of halogens is 1. The van der Waals surface area contributed by atoms with Gasteiger partial charge in [0, 0.05) is 10.9 Å². The van der Waals surface area contributed by atoms with Crippen molar-refractivity contribution < 1.29 is 0 Å². The van der Waals surface area contributed by atoms with Gasteiger partial charge in [-0.1, -0.05) is 31.9 Å². The molecule has 15 heavy (non-hydrogen) atoms. The Bertz CT molecular complexity index is 261. The van der Waals surface area contributed by atoms with Gasteiger partial charge in [0.2, 0.25) is 0 Å². The van der Waals surface area contributed by atoms with E-state index in [2.05, 4.69) is 37.4 Å². The average molecular weight is 246 g/mol. The van der Waals surface area contributed by atoms with Gasteiger partial charge >= 0.3 is 0 Å². The van der Waals surface area contributed by atoms with E-state index >= 15 is 0 Å². The molecule has 0 amide bonds. The fraction of sp³-hybridized carbons (Fsp3) is 0.500. The third kappa shape index (κ3) is 4.92. The molecule has 1 aromatic rings. The summed E-state index contributed by atoms with van der Waals surface area (Å²) >= 11 is 1.77. The van der Waals surface area contributed by atoms with Gasteiger partial charge in [0.05, 0.1) is 0 Å². The highest BCUT2D eigenvalue weighted by molar-refractivity contribution is 7.98. The molecule has 0 bridgehead atoms. The van der Waals surface area contributed by atoms with Crippen LogP contribution >= 0.6 is 24.2 Å². The minimum atomic E-state index is 0. The average Bonchev–Trinajstić information content (AvgIpc) is 2.26. The van der Waals surface area contributed by atoms with Crippen molar-refractivity contribution >= 4 is 24.2 Å². The van der Waals surface area contributed by atoms with Gasteiger partial charge in [0.1, 0.15) is 0 Å². The summed E-state index contributed by atoms with van der Waals surface area (Å²) in [5.74, 6) is 0. The summed E-state index contributed by atoms with van der Waals surface area (Å²) in [7, 11) is 0. The normalized spacial score (nSPS) is 11.9. The van der Waals surface area contributed by atoms with Crippen molar-refractivity contribution in [3.05, 3.63) is 29.8 Å². The van der Waals surface area contributed by atoms with Crippen LogP contribution in [0.15, 0.2) is 29.2 Å². The van der Waals surface area contributed by atoms with Crippen LogP contribution in [-0.4, -0.2) is 6.26 Å². The zero-order valence-corrected chi connectivity index (χ0v) is 11.0. The smallest absolute Gasteiger partial charge is 0.0294 e. The van der Waals surface area contributed by atoms with Crippen molar-refractivity contribution in [2.45, 2.75) is 37.1 Å². The Hall–Kier alpha value is -0.180. The maximum Gasteiger partial charge on any atom is 0.0294 e. The highest BCUT2D eigenvalue weighted by Crippen LogP contribution is 2.20. The molecule has 0 aliphatic heterocycles. The van der Waals surface area contributed by atoms with Crippen molar-refractivity contribution in [1.29, 1.82) is 0 Å². The Morgan fingerprint density at radius 3 is 2.33 bits per heavy atom. The number of benzene rings is 1. The summed E-state index contributed by atoms with van der Waals surface area (Å²) in [6, 6.07) is 8.79. The second kappa shape index (κ2) is 8.03. The molecule has 0 heterocycles. The van der Waals surface area contributed by atoms with Crippen LogP contribution in [0.4, 0.5) is 0 Å². The Morgan fingerprint density at radius 2 is 1.87 bits per heavy atom. The first-order valence-corrected chi connectivity index (χ1v) is 6.40. The highest BCUT2D eigenvalue weighted by Gasteiger charge is 2.04. The van der Waals surface area contributed by atoms with Gasteiger partial charge in [-0.15, -0.1) is 24.2 Å². The topological polar surface area (TPSA) is 26.0 Å². The lowest BCUT2D eigenvalue weighted by molar-refractivity contribution is 0.603. The van der Waals surface area contributed by atoms with E-state index in [-0.39, 0.29) is 18.4 Å². The number of nitrogens with two attached hydrogens (primary N) is 1. The number of hydrogen-bond acceptors (Lipinski definition) is 2. The van der Waals surface area contributed by atoms with E-state index in [1.165, 1.54) is 23.3 Å². The molecular formula is C12H20ClNS. The number of hydrogen-bond donors (Lipinski definition) is 1. The van der Waals surface area contributed by atoms with Crippen LogP contribution in [0, 0.1) is 0 Å². The number of thioether (sulfide) groups is 1. The minimum Gasteiger partial charge on any atom is -0.324 e. The molecule has 2 N–H and O–H groups in total. The predicted octanol–water partition coefficient (Wildman–Crippen LogP) is 4.02. The lowest BCUT2D eigenvalue weighted by Crippen LogP contribution is -2.09. The molecule has 0 unspecified atom stereocenters. The fourth-order valence-corrected chi connectivity index (χ4v) is 1.85. The molecule has 0 aromatic heterocycles. The number of rotatable bonds is 5. The maximum atomic E-state index is 6.07. The molecule has 0 radical (unpaired) electrons. The standard InChI is InChI=1S/C12H19NS.ClH/c1-3-4-5-12(13)10-6-8-11(14-2)9-7-10;/h6-9,12H,3-5,13H2,1-2H3;1H/t12-;/m0./s1. The van der Waals surface area contributed by atoms with Crippen LogP contribution in [0.2, 0.25) is 0 Å². The first-order chi connectivity index (χ1) is 6.77. The van der Waals surface area contributed by atoms with Gasteiger partial charge < -0.3 is 5.73 Å². The van der Waals surface area contributed by atoms with E-state index < -0.39 is 0 Å². The SMILES string of the molecule is CCCC[C@H](N)c1ccc(SC)cc1.Cl. The predicted molar refractivity (Wildman–Crippen MR) is 71.9 cm³/mol. The van der Waals surface area contributed by atoms with Gasteiger partial charge in [-0.05, 0) is 30.4 Å². The van der Waals surface area contributed by atoms with Crippen LogP contribution in [0.1, 0.15) is 37.8 Å². The highest BCUT2D eigenvalue weighted by atomic mass is 35.5. The Balaban J connectivity index is 0.00000196. The van der Waals surface area contributed by atoms with E-state index in [1.54, 1.807) is 11.8 Å². The maximum absolute atomic E-state index is 6.07. The summed E-state index contributed by atoms with van der Waals surface area (Å²) in [5.41, 5.74) is 7.33. The third-order valence-corrected chi connectivity index (χ3v) is 3.16. The molecule has 1 atom stereocenters. The second-order valence-electron chi connectivity index (χ2n) is 3.52. The summed E-state index contributed by atoms with van der Waals surface area (Å²) in [4.78, 5) is 1.30. The molecule has 1 rings (SSSR count). The molecule has 86 valence electrons. The Kier molecular flexibility index (Phi) is 7.93. The molecule has 0 spiro atoms. The van der Waals surface area contributed by atoms with E-state index in [9.17, 15) is 0 Å². The zero-order chi connectivity index (χ0) is 10.4. The van der Waals surface area contributed by atoms with Gasteiger partial charge in [-0.25, -0.2) is 0 Å². The molecule has 0 aliphatic rings. The lowest BCUT2D eigenvalue weighted by Gasteiger charge is -2.11. The van der Waals surface area contributed by atoms with Crippen LogP contribution in [0.5, 0.6) is 0 Å². The van der Waals surface area contributed by atoms with E-state index in [0.717, 1.165) is 6.42 Å². The van der Waals surface area contributed by atoms with Gasteiger partial charge in [0.15, 0.2) is 0 Å². The van der Waals surface area contributed by atoms with E-state index in [0.29, 0.717) is 0 Å². The molecule has 0 saturated carbocycles. The minimum absolute atomic E-state index is 0. The summed E-state index contributed by atoms with van der Waals surface area (Å²) < 4.78 is 0. The van der Waals surface area contributed by atoms with Crippen LogP contribution < -0.4 is 5.73 Å². The Labute approximate surface area is 103 Å². The van der Waals surface area contributed by atoms with Crippen LogP contribution in [0.25, 0.3) is 0 Å². The van der Waals surface area contributed by atoms with Crippen molar-refractivity contribution in [3.8, 4) is 0 Å². The van der Waals surface area contributed by atoms with Gasteiger partial charge in [-0.3, -0.25) is 0 Å². The number of unbranched alkanes of at least 4 members (excludes halogenated alkanes) is 1. The van der Waals surface area contributed by atoms with E-state index in [1.807, 2.05) is 0 Å². The first-order valence-electron chi connectivity index (χ1n) is 5.17. The van der Waals surface area contributed by atoms with Crippen molar-refractivity contribution in [2.75, 3.05) is 6.26 Å². The van der Waals surface area contributed by atoms with Crippen molar-refractivity contribution in [2.24, 2.45) is 5.73 Å². The molecule has 0 saturated heterocycles. The van der Waals surface area contributed by atoms with Crippen molar-refractivity contribution in [1.82, 2.24) is 0 Å². The quantitative estimate of drug-likeness (QED) is 0.793. The van der Waals surface area contributed by atoms with E-state index in [4.69, 9.17) is 5.73 Å². The summed E-state index contributed by atoms with van der Waals surface area (Å²) in [6.45, 7) is 2.20. The largest absolute Gasteiger partial charge is 0.324 e. The van der Waals surface area contributed by atoms with Gasteiger partial charge in [0.25, 0.3) is 0 Å². The van der Waals surface area contributed by atoms with Crippen LogP contribution in [-0.2, 0) is 0 Å². The summed E-state index contributed by atoms with van der Waals surface area (Å²) in [5, 5.41) is 0. The third-order valence-electron chi connectivity index (χ3n) is 2.41. The van der Waals surface area contributed by atoms with Gasteiger partial charge in [-0.2, -0.15) is 0 Å². The fourth-order valence-electron chi connectivity index (χ4n) is 1.44. The Morgan fingerprint density at radius 1 is 1.27 bits per heavy atom. The molecule has 1 aromatic carbocycles. The first kappa shape index (κ1) is 14.8. The summed E-state index contributed by atoms with van der Waals surface area (Å²) in [6.07, 6.45) is 5.61. The van der Waals surface area contributed by atoms with Crippen molar-refractivity contribution in [3.63, 3.8) is 0 Å². The molecule has 1 nitrogen and oxygen atoms in total. The van der Waals surface area contributed by atoms with Crippen LogP contribution in [0.3, 0.4) is 0 Å².